The standard InChI is InChI=1S/C17H27N3/c1-16(2)12-8-9-17(16,3)14(11-12)19-13-7-6-10-18-15(13)20(4)5/h6-7,10,12,14,19H,8-9,11H2,1-5H3. The highest BCUT2D eigenvalue weighted by Gasteiger charge is 2.61. The number of aromatic nitrogens is 1. The summed E-state index contributed by atoms with van der Waals surface area (Å²) < 4.78 is 0. The number of hydrogen-bond acceptors (Lipinski definition) is 3. The molecule has 1 aromatic rings. The monoisotopic (exact) mass is 273 g/mol. The molecule has 2 bridgehead atoms. The molecular weight excluding hydrogens is 246 g/mol. The fraction of sp³-hybridized carbons (Fsp3) is 0.706. The second-order valence-corrected chi connectivity index (χ2v) is 7.58. The molecule has 2 aliphatic carbocycles. The van der Waals surface area contributed by atoms with Gasteiger partial charge in [-0.05, 0) is 48.1 Å². The Balaban J connectivity index is 1.87. The average molecular weight is 273 g/mol. The minimum atomic E-state index is 0.400. The van der Waals surface area contributed by atoms with E-state index in [1.807, 2.05) is 12.3 Å². The molecule has 3 unspecified atom stereocenters. The van der Waals surface area contributed by atoms with Gasteiger partial charge in [0.05, 0.1) is 5.69 Å². The van der Waals surface area contributed by atoms with Crippen molar-refractivity contribution in [3.8, 4) is 0 Å². The van der Waals surface area contributed by atoms with Crippen molar-refractivity contribution in [2.24, 2.45) is 16.7 Å². The largest absolute Gasteiger partial charge is 0.379 e. The first-order valence-electron chi connectivity index (χ1n) is 7.75. The minimum absolute atomic E-state index is 0.400. The first-order valence-corrected chi connectivity index (χ1v) is 7.75. The predicted octanol–water partition coefficient (Wildman–Crippen LogP) is 3.77. The van der Waals surface area contributed by atoms with Gasteiger partial charge in [-0.1, -0.05) is 20.8 Å². The maximum Gasteiger partial charge on any atom is 0.151 e. The predicted molar refractivity (Wildman–Crippen MR) is 85.2 cm³/mol. The summed E-state index contributed by atoms with van der Waals surface area (Å²) >= 11 is 0. The molecule has 0 spiro atoms. The van der Waals surface area contributed by atoms with Crippen LogP contribution >= 0.6 is 0 Å². The molecule has 20 heavy (non-hydrogen) atoms. The minimum Gasteiger partial charge on any atom is -0.379 e. The normalized spacial score (nSPS) is 34.2. The van der Waals surface area contributed by atoms with Crippen molar-refractivity contribution < 1.29 is 0 Å². The molecule has 3 nitrogen and oxygen atoms in total. The van der Waals surface area contributed by atoms with Crippen LogP contribution < -0.4 is 10.2 Å². The lowest BCUT2D eigenvalue weighted by Crippen LogP contribution is -2.40. The van der Waals surface area contributed by atoms with Gasteiger partial charge >= 0.3 is 0 Å². The van der Waals surface area contributed by atoms with E-state index < -0.39 is 0 Å². The smallest absolute Gasteiger partial charge is 0.151 e. The van der Waals surface area contributed by atoms with Crippen LogP contribution in [0.3, 0.4) is 0 Å². The second kappa shape index (κ2) is 4.37. The number of nitrogens with zero attached hydrogens (tertiary/aromatic N) is 2. The molecule has 2 fully saturated rings. The quantitative estimate of drug-likeness (QED) is 0.908. The fourth-order valence-corrected chi connectivity index (χ4v) is 4.48. The Kier molecular flexibility index (Phi) is 3.00. The summed E-state index contributed by atoms with van der Waals surface area (Å²) in [4.78, 5) is 6.59. The first-order chi connectivity index (χ1) is 9.36. The van der Waals surface area contributed by atoms with E-state index in [1.54, 1.807) is 0 Å². The van der Waals surface area contributed by atoms with Crippen molar-refractivity contribution in [3.63, 3.8) is 0 Å². The van der Waals surface area contributed by atoms with E-state index in [0.29, 0.717) is 16.9 Å². The van der Waals surface area contributed by atoms with E-state index in [4.69, 9.17) is 0 Å². The maximum absolute atomic E-state index is 4.50. The Morgan fingerprint density at radius 2 is 2.05 bits per heavy atom. The number of nitrogens with one attached hydrogen (secondary N) is 1. The zero-order valence-electron chi connectivity index (χ0n) is 13.4. The molecule has 2 saturated carbocycles. The van der Waals surface area contributed by atoms with Crippen molar-refractivity contribution >= 4 is 11.5 Å². The van der Waals surface area contributed by atoms with Crippen LogP contribution in [-0.4, -0.2) is 25.1 Å². The Labute approximate surface area is 122 Å². The second-order valence-electron chi connectivity index (χ2n) is 7.58. The van der Waals surface area contributed by atoms with Crippen LogP contribution in [0.15, 0.2) is 18.3 Å². The molecule has 1 aromatic heterocycles. The van der Waals surface area contributed by atoms with E-state index in [1.165, 1.54) is 24.9 Å². The molecule has 0 aliphatic heterocycles. The van der Waals surface area contributed by atoms with Gasteiger partial charge in [-0.2, -0.15) is 0 Å². The van der Waals surface area contributed by atoms with Gasteiger partial charge in [0.2, 0.25) is 0 Å². The van der Waals surface area contributed by atoms with Crippen molar-refractivity contribution in [1.29, 1.82) is 0 Å². The first kappa shape index (κ1) is 13.7. The van der Waals surface area contributed by atoms with Crippen LogP contribution in [0.5, 0.6) is 0 Å². The molecular formula is C17H27N3. The Morgan fingerprint density at radius 3 is 2.60 bits per heavy atom. The highest BCUT2D eigenvalue weighted by atomic mass is 15.2. The molecule has 110 valence electrons. The molecule has 3 heteroatoms. The molecule has 0 radical (unpaired) electrons. The van der Waals surface area contributed by atoms with Crippen LogP contribution in [0, 0.1) is 16.7 Å². The SMILES string of the molecule is CN(C)c1ncccc1NC1CC2CCC1(C)C2(C)C. The molecule has 2 aliphatic rings. The summed E-state index contributed by atoms with van der Waals surface area (Å²) in [7, 11) is 4.11. The summed E-state index contributed by atoms with van der Waals surface area (Å²) in [5.74, 6) is 1.90. The molecule has 0 aromatic carbocycles. The van der Waals surface area contributed by atoms with Crippen LogP contribution in [0.25, 0.3) is 0 Å². The third kappa shape index (κ3) is 1.75. The summed E-state index contributed by atoms with van der Waals surface area (Å²) in [6.07, 6.45) is 5.91. The Bertz CT molecular complexity index is 509. The number of rotatable bonds is 3. The van der Waals surface area contributed by atoms with Crippen molar-refractivity contribution in [2.45, 2.75) is 46.1 Å². The zero-order chi connectivity index (χ0) is 14.5. The van der Waals surface area contributed by atoms with Gasteiger partial charge in [0, 0.05) is 26.3 Å². The molecule has 1 heterocycles. The van der Waals surface area contributed by atoms with Crippen molar-refractivity contribution in [2.75, 3.05) is 24.3 Å². The summed E-state index contributed by atoms with van der Waals surface area (Å²) in [6, 6.07) is 4.75. The van der Waals surface area contributed by atoms with Gasteiger partial charge in [-0.25, -0.2) is 4.98 Å². The highest BCUT2D eigenvalue weighted by molar-refractivity contribution is 5.65. The van der Waals surface area contributed by atoms with Crippen molar-refractivity contribution in [1.82, 2.24) is 4.98 Å². The van der Waals surface area contributed by atoms with E-state index in [9.17, 15) is 0 Å². The van der Waals surface area contributed by atoms with Gasteiger partial charge < -0.3 is 10.2 Å². The highest BCUT2D eigenvalue weighted by Crippen LogP contribution is 2.65. The summed E-state index contributed by atoms with van der Waals surface area (Å²) in [5.41, 5.74) is 2.02. The Hall–Kier alpha value is -1.25. The maximum atomic E-state index is 4.50. The fourth-order valence-electron chi connectivity index (χ4n) is 4.48. The van der Waals surface area contributed by atoms with E-state index in [2.05, 4.69) is 56.1 Å². The summed E-state index contributed by atoms with van der Waals surface area (Å²) in [6.45, 7) is 7.40. The van der Waals surface area contributed by atoms with Gasteiger partial charge in [-0.15, -0.1) is 0 Å². The third-order valence-corrected chi connectivity index (χ3v) is 6.33. The summed E-state index contributed by atoms with van der Waals surface area (Å²) in [5, 5.41) is 3.81. The molecule has 0 saturated heterocycles. The number of anilines is 2. The lowest BCUT2D eigenvalue weighted by atomic mass is 9.69. The van der Waals surface area contributed by atoms with Gasteiger partial charge in [0.1, 0.15) is 0 Å². The number of fused-ring (bicyclic) bond motifs is 2. The molecule has 3 atom stereocenters. The molecule has 3 rings (SSSR count). The van der Waals surface area contributed by atoms with Crippen LogP contribution in [0.4, 0.5) is 11.5 Å². The number of hydrogen-bond donors (Lipinski definition) is 1. The topological polar surface area (TPSA) is 28.2 Å². The van der Waals surface area contributed by atoms with E-state index >= 15 is 0 Å². The van der Waals surface area contributed by atoms with Crippen LogP contribution in [0.2, 0.25) is 0 Å². The average Bonchev–Trinajstić information content (AvgIpc) is 2.72. The van der Waals surface area contributed by atoms with E-state index in [-0.39, 0.29) is 0 Å². The van der Waals surface area contributed by atoms with Gasteiger partial charge in [0.25, 0.3) is 0 Å². The third-order valence-electron chi connectivity index (χ3n) is 6.33. The van der Waals surface area contributed by atoms with Gasteiger partial charge in [0.15, 0.2) is 5.82 Å². The van der Waals surface area contributed by atoms with Crippen LogP contribution in [0.1, 0.15) is 40.0 Å². The lowest BCUT2D eigenvalue weighted by molar-refractivity contribution is 0.142. The van der Waals surface area contributed by atoms with E-state index in [0.717, 1.165) is 11.7 Å². The number of pyridine rings is 1. The lowest BCUT2D eigenvalue weighted by Gasteiger charge is -2.40. The Morgan fingerprint density at radius 1 is 1.30 bits per heavy atom. The molecule has 1 N–H and O–H groups in total. The molecule has 0 amide bonds. The zero-order valence-corrected chi connectivity index (χ0v) is 13.4. The van der Waals surface area contributed by atoms with Crippen LogP contribution in [-0.2, 0) is 0 Å². The van der Waals surface area contributed by atoms with Gasteiger partial charge in [-0.3, -0.25) is 0 Å². The van der Waals surface area contributed by atoms with Crippen molar-refractivity contribution in [3.05, 3.63) is 18.3 Å².